The minimum absolute atomic E-state index is 0.0992. The van der Waals surface area contributed by atoms with Gasteiger partial charge >= 0.3 is 0 Å². The summed E-state index contributed by atoms with van der Waals surface area (Å²) >= 11 is 5.39. The fourth-order valence-electron chi connectivity index (χ4n) is 2.39. The number of thiocarbonyl (C=S) groups is 1. The lowest BCUT2D eigenvalue weighted by molar-refractivity contribution is 0.166. The number of benzene rings is 1. The lowest BCUT2D eigenvalue weighted by Gasteiger charge is -2.30. The van der Waals surface area contributed by atoms with Crippen molar-refractivity contribution in [2.45, 2.75) is 12.5 Å². The van der Waals surface area contributed by atoms with Crippen LogP contribution < -0.4 is 5.32 Å². The van der Waals surface area contributed by atoms with Gasteiger partial charge in [0.05, 0.1) is 18.1 Å². The first-order chi connectivity index (χ1) is 10.4. The van der Waals surface area contributed by atoms with Crippen LogP contribution in [0.3, 0.4) is 0 Å². The van der Waals surface area contributed by atoms with E-state index in [1.165, 1.54) is 12.1 Å². The fourth-order valence-corrected chi connectivity index (χ4v) is 4.48. The summed E-state index contributed by atoms with van der Waals surface area (Å²) in [6.45, 7) is 0.950. The number of nitrogens with one attached hydrogen (secondary N) is 1. The Labute approximate surface area is 135 Å². The van der Waals surface area contributed by atoms with Crippen molar-refractivity contribution in [2.24, 2.45) is 0 Å². The third-order valence-electron chi connectivity index (χ3n) is 3.54. The molecule has 0 radical (unpaired) electrons. The average Bonchev–Trinajstić information content (AvgIpc) is 2.82. The van der Waals surface area contributed by atoms with Gasteiger partial charge in [-0.05, 0) is 42.9 Å². The second kappa shape index (κ2) is 7.34. The van der Waals surface area contributed by atoms with Crippen molar-refractivity contribution in [2.75, 3.05) is 37.1 Å². The van der Waals surface area contributed by atoms with Gasteiger partial charge in [0.1, 0.15) is 5.82 Å². The van der Waals surface area contributed by atoms with Gasteiger partial charge in [0.25, 0.3) is 0 Å². The van der Waals surface area contributed by atoms with Crippen LogP contribution in [0.2, 0.25) is 0 Å². The largest absolute Gasteiger partial charge is 0.383 e. The van der Waals surface area contributed by atoms with Gasteiger partial charge in [-0.1, -0.05) is 0 Å². The predicted molar refractivity (Wildman–Crippen MR) is 88.3 cm³/mol. The summed E-state index contributed by atoms with van der Waals surface area (Å²) in [6.07, 6.45) is 0.553. The molecule has 8 heteroatoms. The highest BCUT2D eigenvalue weighted by Crippen LogP contribution is 2.19. The van der Waals surface area contributed by atoms with E-state index in [0.29, 0.717) is 30.4 Å². The SMILES string of the molecule is COCCN(C(=S)Nc1ccc(F)cc1)[C@@H]1CCS(=O)(=O)C1. The first-order valence-electron chi connectivity index (χ1n) is 6.94. The molecule has 1 aliphatic heterocycles. The summed E-state index contributed by atoms with van der Waals surface area (Å²) in [7, 11) is -1.41. The Kier molecular flexibility index (Phi) is 5.71. The van der Waals surface area contributed by atoms with Gasteiger partial charge in [0.15, 0.2) is 14.9 Å². The number of hydrogen-bond acceptors (Lipinski definition) is 4. The standard InChI is InChI=1S/C14H19FN2O3S2/c1-20-8-7-17(13-6-9-22(18,19)10-13)14(21)16-12-4-2-11(15)3-5-12/h2-5,13H,6-10H2,1H3,(H,16,21)/t13-/m1/s1. The molecule has 1 heterocycles. The molecular weight excluding hydrogens is 327 g/mol. The zero-order chi connectivity index (χ0) is 16.2. The molecule has 1 N–H and O–H groups in total. The molecule has 1 fully saturated rings. The van der Waals surface area contributed by atoms with Gasteiger partial charge in [-0.15, -0.1) is 0 Å². The van der Waals surface area contributed by atoms with E-state index in [1.54, 1.807) is 19.2 Å². The maximum Gasteiger partial charge on any atom is 0.173 e. The smallest absolute Gasteiger partial charge is 0.173 e. The van der Waals surface area contributed by atoms with Crippen molar-refractivity contribution in [3.63, 3.8) is 0 Å². The molecule has 2 rings (SSSR count). The molecule has 0 bridgehead atoms. The number of rotatable bonds is 5. The van der Waals surface area contributed by atoms with Crippen LogP contribution in [0.4, 0.5) is 10.1 Å². The molecule has 1 aromatic carbocycles. The number of ether oxygens (including phenoxy) is 1. The van der Waals surface area contributed by atoms with Gasteiger partial charge < -0.3 is 15.0 Å². The highest BCUT2D eigenvalue weighted by molar-refractivity contribution is 7.91. The number of hydrogen-bond donors (Lipinski definition) is 1. The number of nitrogens with zero attached hydrogens (tertiary/aromatic N) is 1. The maximum atomic E-state index is 12.9. The molecule has 0 amide bonds. The van der Waals surface area contributed by atoms with Crippen LogP contribution in [-0.4, -0.2) is 56.2 Å². The fraction of sp³-hybridized carbons (Fsp3) is 0.500. The summed E-state index contributed by atoms with van der Waals surface area (Å²) in [5.41, 5.74) is 0.662. The number of methoxy groups -OCH3 is 1. The van der Waals surface area contributed by atoms with E-state index < -0.39 is 9.84 Å². The van der Waals surface area contributed by atoms with Crippen molar-refractivity contribution in [1.29, 1.82) is 0 Å². The molecule has 122 valence electrons. The van der Waals surface area contributed by atoms with E-state index in [9.17, 15) is 12.8 Å². The first kappa shape index (κ1) is 17.1. The summed E-state index contributed by atoms with van der Waals surface area (Å²) in [6, 6.07) is 5.69. The summed E-state index contributed by atoms with van der Waals surface area (Å²) < 4.78 is 41.3. The monoisotopic (exact) mass is 346 g/mol. The van der Waals surface area contributed by atoms with E-state index in [2.05, 4.69) is 5.32 Å². The number of sulfone groups is 1. The lowest BCUT2D eigenvalue weighted by Crippen LogP contribution is -2.45. The second-order valence-corrected chi connectivity index (χ2v) is 7.80. The van der Waals surface area contributed by atoms with Crippen LogP contribution in [0.25, 0.3) is 0 Å². The lowest BCUT2D eigenvalue weighted by atomic mass is 10.2. The second-order valence-electron chi connectivity index (χ2n) is 5.18. The zero-order valence-corrected chi connectivity index (χ0v) is 13.9. The van der Waals surface area contributed by atoms with Crippen LogP contribution in [0, 0.1) is 5.82 Å². The Balaban J connectivity index is 2.07. The number of halogens is 1. The van der Waals surface area contributed by atoms with Crippen LogP contribution in [0.5, 0.6) is 0 Å². The molecule has 1 atom stereocenters. The summed E-state index contributed by atoms with van der Waals surface area (Å²) in [5, 5.41) is 3.44. The van der Waals surface area contributed by atoms with Gasteiger partial charge in [-0.2, -0.15) is 0 Å². The zero-order valence-electron chi connectivity index (χ0n) is 12.3. The van der Waals surface area contributed by atoms with Crippen molar-refractivity contribution < 1.29 is 17.5 Å². The maximum absolute atomic E-state index is 12.9. The Hall–Kier alpha value is -1.25. The summed E-state index contributed by atoms with van der Waals surface area (Å²) in [4.78, 5) is 1.84. The third kappa shape index (κ3) is 4.62. The molecule has 0 aliphatic carbocycles. The highest BCUT2D eigenvalue weighted by Gasteiger charge is 2.33. The third-order valence-corrected chi connectivity index (χ3v) is 5.63. The molecule has 1 aliphatic rings. The van der Waals surface area contributed by atoms with Crippen LogP contribution in [-0.2, 0) is 14.6 Å². The normalized spacial score (nSPS) is 19.8. The van der Waals surface area contributed by atoms with Gasteiger partial charge in [0.2, 0.25) is 0 Å². The molecule has 0 aromatic heterocycles. The van der Waals surface area contributed by atoms with Crippen LogP contribution in [0.1, 0.15) is 6.42 Å². The molecular formula is C14H19FN2O3S2. The molecule has 1 saturated heterocycles. The molecule has 22 heavy (non-hydrogen) atoms. The predicted octanol–water partition coefficient (Wildman–Crippen LogP) is 1.66. The number of anilines is 1. The molecule has 5 nitrogen and oxygen atoms in total. The Morgan fingerprint density at radius 1 is 1.45 bits per heavy atom. The Bertz CT molecular complexity index is 619. The highest BCUT2D eigenvalue weighted by atomic mass is 32.2. The molecule has 0 spiro atoms. The molecule has 0 saturated carbocycles. The van der Waals surface area contributed by atoms with Crippen LogP contribution >= 0.6 is 12.2 Å². The minimum Gasteiger partial charge on any atom is -0.383 e. The van der Waals surface area contributed by atoms with Crippen molar-refractivity contribution >= 4 is 32.9 Å². The van der Waals surface area contributed by atoms with Gasteiger partial charge in [-0.25, -0.2) is 12.8 Å². The molecule has 0 unspecified atom stereocenters. The van der Waals surface area contributed by atoms with E-state index in [1.807, 2.05) is 4.90 Å². The van der Waals surface area contributed by atoms with E-state index in [0.717, 1.165) is 0 Å². The van der Waals surface area contributed by atoms with Gasteiger partial charge in [-0.3, -0.25) is 0 Å². The first-order valence-corrected chi connectivity index (χ1v) is 9.17. The van der Waals surface area contributed by atoms with Crippen molar-refractivity contribution in [3.05, 3.63) is 30.1 Å². The van der Waals surface area contributed by atoms with Crippen molar-refractivity contribution in [1.82, 2.24) is 4.90 Å². The molecule has 1 aromatic rings. The topological polar surface area (TPSA) is 58.6 Å². The quantitative estimate of drug-likeness (QED) is 0.819. The minimum atomic E-state index is -3.00. The van der Waals surface area contributed by atoms with E-state index >= 15 is 0 Å². The Morgan fingerprint density at radius 3 is 2.68 bits per heavy atom. The van der Waals surface area contributed by atoms with Crippen molar-refractivity contribution in [3.8, 4) is 0 Å². The van der Waals surface area contributed by atoms with Crippen LogP contribution in [0.15, 0.2) is 24.3 Å². The van der Waals surface area contributed by atoms with Gasteiger partial charge in [0, 0.05) is 25.4 Å². The average molecular weight is 346 g/mol. The summed E-state index contributed by atoms with van der Waals surface area (Å²) in [5.74, 6) is -0.0444. The Morgan fingerprint density at radius 2 is 2.14 bits per heavy atom. The van der Waals surface area contributed by atoms with E-state index in [4.69, 9.17) is 17.0 Å². The van der Waals surface area contributed by atoms with E-state index in [-0.39, 0.29) is 23.4 Å².